The smallest absolute Gasteiger partial charge is 0.257 e. The van der Waals surface area contributed by atoms with Crippen LogP contribution in [-0.2, 0) is 39.7 Å². The Morgan fingerprint density at radius 2 is 1.38 bits per heavy atom. The third kappa shape index (κ3) is 13.0. The molecular weight excluding hydrogens is 740 g/mol. The first-order chi connectivity index (χ1) is 26.6. The first-order valence-electron chi connectivity index (χ1n) is 17.3. The number of amides is 2. The highest BCUT2D eigenvalue weighted by Crippen LogP contribution is 2.35. The van der Waals surface area contributed by atoms with Crippen LogP contribution < -0.4 is 11.1 Å². The lowest BCUT2D eigenvalue weighted by atomic mass is 9.92. The maximum atomic E-state index is 15.5. The van der Waals surface area contributed by atoms with E-state index in [4.69, 9.17) is 41.0 Å². The van der Waals surface area contributed by atoms with Crippen molar-refractivity contribution in [2.24, 2.45) is 5.73 Å². The Hall–Kier alpha value is -5.09. The first kappa shape index (κ1) is 42.6. The fourth-order valence-corrected chi connectivity index (χ4v) is 5.54. The van der Waals surface area contributed by atoms with Crippen molar-refractivity contribution in [2.45, 2.75) is 13.3 Å². The summed E-state index contributed by atoms with van der Waals surface area (Å²) in [7, 11) is 0. The minimum absolute atomic E-state index is 0.00288. The number of aromatic amines is 1. The summed E-state index contributed by atoms with van der Waals surface area (Å²) in [5.74, 6) is -3.85. The lowest BCUT2D eigenvalue weighted by molar-refractivity contribution is -0.113. The van der Waals surface area contributed by atoms with Crippen molar-refractivity contribution in [2.75, 3.05) is 66.1 Å². The van der Waals surface area contributed by atoms with E-state index in [2.05, 4.69) is 10.3 Å². The van der Waals surface area contributed by atoms with E-state index >= 15 is 4.39 Å². The number of carbonyl (C=O) groups excluding carboxylic acids is 4. The van der Waals surface area contributed by atoms with Crippen molar-refractivity contribution in [3.8, 4) is 11.1 Å². The van der Waals surface area contributed by atoms with Crippen molar-refractivity contribution in [3.63, 3.8) is 0 Å². The number of H-pyrrole nitrogens is 1. The minimum Gasteiger partial charge on any atom is -0.379 e. The van der Waals surface area contributed by atoms with Crippen molar-refractivity contribution in [3.05, 3.63) is 123 Å². The van der Waals surface area contributed by atoms with E-state index in [9.17, 15) is 23.6 Å². The zero-order chi connectivity index (χ0) is 39.6. The predicted octanol–water partition coefficient (Wildman–Crippen LogP) is 5.23. The zero-order valence-electron chi connectivity index (χ0n) is 30.2. The monoisotopic (exact) mass is 781 g/mol. The third-order valence-electron chi connectivity index (χ3n) is 8.05. The molecule has 55 heavy (non-hydrogen) atoms. The van der Waals surface area contributed by atoms with Gasteiger partial charge in [0.15, 0.2) is 0 Å². The summed E-state index contributed by atoms with van der Waals surface area (Å²) < 4.78 is 57.2. The van der Waals surface area contributed by atoms with Gasteiger partial charge in [0.05, 0.1) is 76.4 Å². The molecule has 15 heteroatoms. The summed E-state index contributed by atoms with van der Waals surface area (Å²) >= 11 is 6.12. The largest absolute Gasteiger partial charge is 0.379 e. The molecule has 0 bridgehead atoms. The number of nitrogens with one attached hydrogen (secondary N) is 2. The number of hydrogen-bond acceptors (Lipinski definition) is 9. The first-order valence-corrected chi connectivity index (χ1v) is 17.7. The Bertz CT molecular complexity index is 1950. The maximum Gasteiger partial charge on any atom is 0.257 e. The van der Waals surface area contributed by atoms with E-state index in [-0.39, 0.29) is 45.8 Å². The van der Waals surface area contributed by atoms with Crippen LogP contribution in [0.3, 0.4) is 0 Å². The summed E-state index contributed by atoms with van der Waals surface area (Å²) in [5, 5.41) is 2.93. The summed E-state index contributed by atoms with van der Waals surface area (Å²) in [6.07, 6.45) is 3.45. The molecule has 0 fully saturated rings. The summed E-state index contributed by atoms with van der Waals surface area (Å²) in [6.45, 7) is 4.93. The number of hydrogen-bond donors (Lipinski definition) is 3. The topological polar surface area (TPSA) is 168 Å². The summed E-state index contributed by atoms with van der Waals surface area (Å²) in [5.41, 5.74) is 6.00. The van der Waals surface area contributed by atoms with Gasteiger partial charge in [-0.2, -0.15) is 0 Å². The number of carbonyl (C=O) groups is 4. The van der Waals surface area contributed by atoms with E-state index in [1.54, 1.807) is 42.5 Å². The lowest BCUT2D eigenvalue weighted by Crippen LogP contribution is -2.24. The number of aldehydes is 1. The van der Waals surface area contributed by atoms with Gasteiger partial charge in [0.2, 0.25) is 11.7 Å². The molecule has 0 saturated heterocycles. The van der Waals surface area contributed by atoms with Gasteiger partial charge in [0.1, 0.15) is 24.5 Å². The number of nitrogens with two attached hydrogens (primary N) is 1. The van der Waals surface area contributed by atoms with E-state index in [0.717, 1.165) is 23.8 Å². The van der Waals surface area contributed by atoms with Gasteiger partial charge in [-0.3, -0.25) is 14.4 Å². The normalized spacial score (nSPS) is 11.5. The van der Waals surface area contributed by atoms with E-state index in [1.807, 2.05) is 0 Å². The Balaban J connectivity index is 1.36. The Labute approximate surface area is 321 Å². The maximum absolute atomic E-state index is 15.5. The standard InChI is InChI=1S/C40H42ClF2N3O9/c1-26-32(42)9-10-33(43)36(26)37-31(40(50)46-34(24-35(44)48)29-3-2-4-30(41)23-29)25-45-38(37)39(49)28-7-5-27(6-8-28)11-13-51-15-17-53-19-21-55-22-20-54-18-16-52-14-12-47/h2-10,12,23-25,45H,11,13-22H2,1H3,(H2,44,48)(H,46,50). The fraction of sp³-hybridized carbons (Fsp3) is 0.300. The van der Waals surface area contributed by atoms with E-state index in [0.29, 0.717) is 82.8 Å². The molecule has 1 aromatic heterocycles. The van der Waals surface area contributed by atoms with Crippen molar-refractivity contribution < 1.29 is 51.6 Å². The second-order valence-electron chi connectivity index (χ2n) is 11.9. The second kappa shape index (κ2) is 22.3. The van der Waals surface area contributed by atoms with Crippen LogP contribution in [0.25, 0.3) is 16.8 Å². The molecule has 0 aliphatic rings. The number of benzene rings is 3. The molecule has 0 spiro atoms. The van der Waals surface area contributed by atoms with Gasteiger partial charge < -0.3 is 44.5 Å². The average Bonchev–Trinajstić information content (AvgIpc) is 3.60. The molecule has 12 nitrogen and oxygen atoms in total. The summed E-state index contributed by atoms with van der Waals surface area (Å²) in [4.78, 5) is 52.5. The molecule has 0 unspecified atom stereocenters. The average molecular weight is 782 g/mol. The Morgan fingerprint density at radius 3 is 1.98 bits per heavy atom. The molecule has 4 aromatic rings. The van der Waals surface area contributed by atoms with E-state index < -0.39 is 29.2 Å². The van der Waals surface area contributed by atoms with Gasteiger partial charge in [0, 0.05) is 34.0 Å². The number of rotatable bonds is 24. The molecule has 1 heterocycles. The van der Waals surface area contributed by atoms with Crippen LogP contribution in [0.2, 0.25) is 5.02 Å². The van der Waals surface area contributed by atoms with Crippen LogP contribution in [0.4, 0.5) is 8.78 Å². The van der Waals surface area contributed by atoms with Crippen molar-refractivity contribution in [1.82, 2.24) is 10.3 Å². The molecule has 0 radical (unpaired) electrons. The van der Waals surface area contributed by atoms with Crippen LogP contribution in [-0.4, -0.2) is 94.9 Å². The van der Waals surface area contributed by atoms with Gasteiger partial charge >= 0.3 is 0 Å². The van der Waals surface area contributed by atoms with Crippen molar-refractivity contribution in [1.29, 1.82) is 0 Å². The zero-order valence-corrected chi connectivity index (χ0v) is 30.9. The van der Waals surface area contributed by atoms with Gasteiger partial charge in [-0.05, 0) is 54.3 Å². The molecule has 292 valence electrons. The molecule has 4 N–H and O–H groups in total. The molecule has 0 aliphatic carbocycles. The van der Waals surface area contributed by atoms with Crippen LogP contribution in [0.15, 0.2) is 72.9 Å². The molecule has 3 aromatic carbocycles. The second-order valence-corrected chi connectivity index (χ2v) is 12.3. The van der Waals surface area contributed by atoms with Crippen LogP contribution in [0.1, 0.15) is 43.1 Å². The molecule has 4 rings (SSSR count). The van der Waals surface area contributed by atoms with Gasteiger partial charge in [0.25, 0.3) is 5.91 Å². The highest BCUT2D eigenvalue weighted by atomic mass is 35.5. The van der Waals surface area contributed by atoms with E-state index in [1.165, 1.54) is 19.2 Å². The molecule has 0 aliphatic heterocycles. The van der Waals surface area contributed by atoms with Gasteiger partial charge in [-0.1, -0.05) is 48.0 Å². The fourth-order valence-electron chi connectivity index (χ4n) is 5.35. The molecule has 0 atom stereocenters. The number of ketones is 1. The quantitative estimate of drug-likeness (QED) is 0.0373. The molecule has 2 amide bonds. The third-order valence-corrected chi connectivity index (χ3v) is 8.28. The van der Waals surface area contributed by atoms with Crippen LogP contribution in [0, 0.1) is 18.6 Å². The number of halogens is 3. The number of aromatic nitrogens is 1. The van der Waals surface area contributed by atoms with Gasteiger partial charge in [-0.25, -0.2) is 8.78 Å². The molecular formula is C40H42ClF2N3O9. The van der Waals surface area contributed by atoms with Gasteiger partial charge in [-0.15, -0.1) is 0 Å². The Kier molecular flexibility index (Phi) is 17.3. The van der Waals surface area contributed by atoms with Crippen LogP contribution in [0.5, 0.6) is 0 Å². The number of ether oxygens (including phenoxy) is 5. The van der Waals surface area contributed by atoms with Crippen LogP contribution >= 0.6 is 11.6 Å². The lowest BCUT2D eigenvalue weighted by Gasteiger charge is -2.14. The summed E-state index contributed by atoms with van der Waals surface area (Å²) in [6, 6.07) is 14.9. The molecule has 0 saturated carbocycles. The Morgan fingerprint density at radius 1 is 0.782 bits per heavy atom. The van der Waals surface area contributed by atoms with Crippen molar-refractivity contribution >= 4 is 41.2 Å². The SMILES string of the molecule is Cc1c(F)ccc(F)c1-c1c(C(=O)NC(=CC(N)=O)c2cccc(Cl)c2)c[nH]c1C(=O)c1ccc(CCOCCOCCOCCOCCOCC=O)cc1. The predicted molar refractivity (Wildman–Crippen MR) is 201 cm³/mol. The number of primary amides is 1. The highest BCUT2D eigenvalue weighted by molar-refractivity contribution is 6.30. The highest BCUT2D eigenvalue weighted by Gasteiger charge is 2.28. The minimum atomic E-state index is -0.857.